The standard InChI is InChI=1S/C11H14F2O2/c1-11(2,14)6-8-9(13)4-7(12)5-10(8)15-3/h4-5,14H,6H2,1-3H3. The zero-order valence-corrected chi connectivity index (χ0v) is 8.97. The summed E-state index contributed by atoms with van der Waals surface area (Å²) in [5.41, 5.74) is -0.877. The fraction of sp³-hybridized carbons (Fsp3) is 0.455. The topological polar surface area (TPSA) is 29.5 Å². The van der Waals surface area contributed by atoms with Gasteiger partial charge in [0, 0.05) is 24.1 Å². The van der Waals surface area contributed by atoms with E-state index in [-0.39, 0.29) is 17.7 Å². The third-order valence-electron chi connectivity index (χ3n) is 1.95. The molecule has 0 radical (unpaired) electrons. The van der Waals surface area contributed by atoms with Gasteiger partial charge in [0.25, 0.3) is 0 Å². The van der Waals surface area contributed by atoms with Crippen LogP contribution < -0.4 is 4.74 Å². The molecule has 0 amide bonds. The second-order valence-corrected chi connectivity index (χ2v) is 4.06. The van der Waals surface area contributed by atoms with Crippen LogP contribution in [0.1, 0.15) is 19.4 Å². The van der Waals surface area contributed by atoms with Gasteiger partial charge in [0.2, 0.25) is 0 Å². The number of hydrogen-bond acceptors (Lipinski definition) is 2. The molecule has 0 saturated heterocycles. The van der Waals surface area contributed by atoms with Gasteiger partial charge >= 0.3 is 0 Å². The summed E-state index contributed by atoms with van der Waals surface area (Å²) in [5.74, 6) is -1.27. The Kier molecular flexibility index (Phi) is 3.29. The Bertz CT molecular complexity index is 356. The van der Waals surface area contributed by atoms with Gasteiger partial charge in [-0.2, -0.15) is 0 Å². The molecular formula is C11H14F2O2. The zero-order chi connectivity index (χ0) is 11.6. The number of ether oxygens (including phenoxy) is 1. The highest BCUT2D eigenvalue weighted by atomic mass is 19.1. The lowest BCUT2D eigenvalue weighted by molar-refractivity contribution is 0.0791. The summed E-state index contributed by atoms with van der Waals surface area (Å²) in [6.45, 7) is 3.10. The average Bonchev–Trinajstić information content (AvgIpc) is 2.07. The second-order valence-electron chi connectivity index (χ2n) is 4.06. The summed E-state index contributed by atoms with van der Waals surface area (Å²) in [6, 6.07) is 1.88. The van der Waals surface area contributed by atoms with Crippen molar-refractivity contribution in [1.29, 1.82) is 0 Å². The van der Waals surface area contributed by atoms with Crippen molar-refractivity contribution < 1.29 is 18.6 Å². The van der Waals surface area contributed by atoms with E-state index in [4.69, 9.17) is 4.74 Å². The molecule has 0 saturated carbocycles. The second kappa shape index (κ2) is 4.14. The fourth-order valence-electron chi connectivity index (χ4n) is 1.37. The lowest BCUT2D eigenvalue weighted by Crippen LogP contribution is -2.23. The molecule has 0 aliphatic carbocycles. The SMILES string of the molecule is COc1cc(F)cc(F)c1CC(C)(C)O. The summed E-state index contributed by atoms with van der Waals surface area (Å²) in [4.78, 5) is 0. The summed E-state index contributed by atoms with van der Waals surface area (Å²) in [6.07, 6.45) is 0.0717. The Balaban J connectivity index is 3.15. The first-order valence-electron chi connectivity index (χ1n) is 4.58. The van der Waals surface area contributed by atoms with Crippen LogP contribution in [0.3, 0.4) is 0 Å². The summed E-state index contributed by atoms with van der Waals surface area (Å²) in [5, 5.41) is 9.57. The molecule has 0 aliphatic rings. The molecule has 0 fully saturated rings. The molecule has 2 nitrogen and oxygen atoms in total. The van der Waals surface area contributed by atoms with Crippen LogP contribution in [0.2, 0.25) is 0 Å². The van der Waals surface area contributed by atoms with E-state index in [1.165, 1.54) is 7.11 Å². The number of aliphatic hydroxyl groups is 1. The molecule has 0 atom stereocenters. The van der Waals surface area contributed by atoms with E-state index in [1.807, 2.05) is 0 Å². The number of rotatable bonds is 3. The van der Waals surface area contributed by atoms with Crippen molar-refractivity contribution in [2.45, 2.75) is 25.9 Å². The summed E-state index contributed by atoms with van der Waals surface area (Å²) >= 11 is 0. The fourth-order valence-corrected chi connectivity index (χ4v) is 1.37. The lowest BCUT2D eigenvalue weighted by Gasteiger charge is -2.19. The molecule has 4 heteroatoms. The Morgan fingerprint density at radius 2 is 1.93 bits per heavy atom. The number of benzene rings is 1. The van der Waals surface area contributed by atoms with Crippen molar-refractivity contribution in [2.24, 2.45) is 0 Å². The predicted molar refractivity (Wildman–Crippen MR) is 52.9 cm³/mol. The van der Waals surface area contributed by atoms with Crippen LogP contribution in [-0.2, 0) is 6.42 Å². The van der Waals surface area contributed by atoms with Gasteiger partial charge in [-0.15, -0.1) is 0 Å². The Morgan fingerprint density at radius 1 is 1.33 bits per heavy atom. The average molecular weight is 216 g/mol. The minimum atomic E-state index is -1.06. The molecule has 84 valence electrons. The third kappa shape index (κ3) is 3.16. The van der Waals surface area contributed by atoms with E-state index in [0.29, 0.717) is 0 Å². The maximum absolute atomic E-state index is 13.4. The quantitative estimate of drug-likeness (QED) is 0.840. The molecule has 0 aromatic heterocycles. The molecule has 0 bridgehead atoms. The van der Waals surface area contributed by atoms with Crippen molar-refractivity contribution in [3.05, 3.63) is 29.3 Å². The molecule has 0 aliphatic heterocycles. The minimum absolute atomic E-state index is 0.0717. The molecule has 0 heterocycles. The van der Waals surface area contributed by atoms with Gasteiger partial charge in [-0.05, 0) is 13.8 Å². The predicted octanol–water partition coefficient (Wildman–Crippen LogP) is 2.29. The van der Waals surface area contributed by atoms with Crippen LogP contribution >= 0.6 is 0 Å². The van der Waals surface area contributed by atoms with Crippen LogP contribution in [0, 0.1) is 11.6 Å². The summed E-state index contributed by atoms with van der Waals surface area (Å²) < 4.78 is 31.1. The van der Waals surface area contributed by atoms with Gasteiger partial charge in [0.15, 0.2) is 0 Å². The number of halogens is 2. The van der Waals surface area contributed by atoms with Gasteiger partial charge < -0.3 is 9.84 Å². The van der Waals surface area contributed by atoms with Crippen LogP contribution in [0.4, 0.5) is 8.78 Å². The number of hydrogen-bond donors (Lipinski definition) is 1. The van der Waals surface area contributed by atoms with E-state index in [2.05, 4.69) is 0 Å². The van der Waals surface area contributed by atoms with E-state index in [0.717, 1.165) is 12.1 Å². The highest BCUT2D eigenvalue weighted by molar-refractivity contribution is 5.36. The van der Waals surface area contributed by atoms with Crippen LogP contribution in [0.25, 0.3) is 0 Å². The minimum Gasteiger partial charge on any atom is -0.496 e. The first-order chi connectivity index (χ1) is 6.83. The Morgan fingerprint density at radius 3 is 2.40 bits per heavy atom. The van der Waals surface area contributed by atoms with Crippen molar-refractivity contribution in [1.82, 2.24) is 0 Å². The molecule has 1 rings (SSSR count). The molecule has 1 aromatic carbocycles. The first kappa shape index (κ1) is 11.9. The monoisotopic (exact) mass is 216 g/mol. The molecule has 0 unspecified atom stereocenters. The van der Waals surface area contributed by atoms with Crippen molar-refractivity contribution in [3.63, 3.8) is 0 Å². The highest BCUT2D eigenvalue weighted by Gasteiger charge is 2.20. The first-order valence-corrected chi connectivity index (χ1v) is 4.58. The van der Waals surface area contributed by atoms with Crippen molar-refractivity contribution in [2.75, 3.05) is 7.11 Å². The molecule has 15 heavy (non-hydrogen) atoms. The van der Waals surface area contributed by atoms with Crippen LogP contribution in [0.5, 0.6) is 5.75 Å². The Hall–Kier alpha value is -1.16. The van der Waals surface area contributed by atoms with Gasteiger partial charge in [-0.25, -0.2) is 8.78 Å². The van der Waals surface area contributed by atoms with Crippen molar-refractivity contribution >= 4 is 0 Å². The van der Waals surface area contributed by atoms with E-state index in [9.17, 15) is 13.9 Å². The molecule has 0 spiro atoms. The largest absolute Gasteiger partial charge is 0.496 e. The lowest BCUT2D eigenvalue weighted by atomic mass is 9.97. The normalized spacial score (nSPS) is 11.6. The molecule has 1 N–H and O–H groups in total. The Labute approximate surface area is 87.5 Å². The van der Waals surface area contributed by atoms with E-state index in [1.54, 1.807) is 13.8 Å². The third-order valence-corrected chi connectivity index (χ3v) is 1.95. The maximum atomic E-state index is 13.4. The van der Waals surface area contributed by atoms with Crippen LogP contribution in [-0.4, -0.2) is 17.8 Å². The summed E-state index contributed by atoms with van der Waals surface area (Å²) in [7, 11) is 1.34. The molecule has 1 aromatic rings. The van der Waals surface area contributed by atoms with Gasteiger partial charge in [0.1, 0.15) is 17.4 Å². The van der Waals surface area contributed by atoms with Crippen LogP contribution in [0.15, 0.2) is 12.1 Å². The molecular weight excluding hydrogens is 202 g/mol. The van der Waals surface area contributed by atoms with Gasteiger partial charge in [-0.3, -0.25) is 0 Å². The van der Waals surface area contributed by atoms with E-state index >= 15 is 0 Å². The van der Waals surface area contributed by atoms with Crippen molar-refractivity contribution in [3.8, 4) is 5.75 Å². The number of methoxy groups -OCH3 is 1. The van der Waals surface area contributed by atoms with Gasteiger partial charge in [-0.1, -0.05) is 0 Å². The maximum Gasteiger partial charge on any atom is 0.133 e. The van der Waals surface area contributed by atoms with E-state index < -0.39 is 17.2 Å². The van der Waals surface area contributed by atoms with Gasteiger partial charge in [0.05, 0.1) is 12.7 Å². The highest BCUT2D eigenvalue weighted by Crippen LogP contribution is 2.26. The zero-order valence-electron chi connectivity index (χ0n) is 8.97. The smallest absolute Gasteiger partial charge is 0.133 e.